The Balaban J connectivity index is 1.34. The molecule has 148 valence electrons. The topological polar surface area (TPSA) is 51.9 Å². The Morgan fingerprint density at radius 2 is 2.07 bits per heavy atom. The van der Waals surface area contributed by atoms with Gasteiger partial charge >= 0.3 is 0 Å². The summed E-state index contributed by atoms with van der Waals surface area (Å²) < 4.78 is 13.2. The summed E-state index contributed by atoms with van der Waals surface area (Å²) in [6, 6.07) is 16.6. The molecule has 6 nitrogen and oxygen atoms in total. The Hall–Kier alpha value is -2.74. The summed E-state index contributed by atoms with van der Waals surface area (Å²) in [6.07, 6.45) is 1.96. The number of thiophene rings is 1. The number of nitrogens with zero attached hydrogens (tertiary/aromatic N) is 4. The van der Waals surface area contributed by atoms with Gasteiger partial charge in [-0.3, -0.25) is 4.90 Å². The number of pyridine rings is 1. The van der Waals surface area contributed by atoms with Crippen LogP contribution in [0.15, 0.2) is 60.1 Å². The molecule has 5 rings (SSSR count). The third-order valence-corrected chi connectivity index (χ3v) is 6.19. The van der Waals surface area contributed by atoms with Crippen LogP contribution in [-0.2, 0) is 11.3 Å². The van der Waals surface area contributed by atoms with Crippen molar-refractivity contribution in [2.75, 3.05) is 26.8 Å². The van der Waals surface area contributed by atoms with E-state index < -0.39 is 0 Å². The molecule has 29 heavy (non-hydrogen) atoms. The van der Waals surface area contributed by atoms with Crippen LogP contribution in [0.4, 0.5) is 0 Å². The highest BCUT2D eigenvalue weighted by atomic mass is 32.1. The number of benzene rings is 1. The Morgan fingerprint density at radius 3 is 2.86 bits per heavy atom. The van der Waals surface area contributed by atoms with Crippen LogP contribution in [0.3, 0.4) is 0 Å². The molecule has 7 heteroatoms. The van der Waals surface area contributed by atoms with Crippen LogP contribution in [0.25, 0.3) is 16.0 Å². The highest BCUT2D eigenvalue weighted by Gasteiger charge is 2.26. The summed E-state index contributed by atoms with van der Waals surface area (Å²) in [5.41, 5.74) is 4.32. The van der Waals surface area contributed by atoms with Crippen LogP contribution in [-0.4, -0.2) is 46.5 Å². The molecule has 1 atom stereocenters. The first-order valence-corrected chi connectivity index (χ1v) is 10.5. The van der Waals surface area contributed by atoms with Crippen molar-refractivity contribution in [3.63, 3.8) is 0 Å². The second-order valence-corrected chi connectivity index (χ2v) is 8.09. The van der Waals surface area contributed by atoms with Gasteiger partial charge in [0.05, 0.1) is 19.2 Å². The number of methoxy groups -OCH3 is 1. The number of hydrogen-bond donors (Lipinski definition) is 0. The van der Waals surface area contributed by atoms with Gasteiger partial charge in [0.2, 0.25) is 0 Å². The maximum atomic E-state index is 6.06. The SMILES string of the molecule is COc1ccc(CN2CCOC(c3nnn4cc(-c5cccs5)ccc34)C2)cc1. The van der Waals surface area contributed by atoms with Crippen LogP contribution in [0.1, 0.15) is 17.4 Å². The Labute approximate surface area is 173 Å². The molecule has 0 aliphatic carbocycles. The summed E-state index contributed by atoms with van der Waals surface area (Å²) in [5, 5.41) is 10.9. The molecule has 0 amide bonds. The highest BCUT2D eigenvalue weighted by Crippen LogP contribution is 2.29. The molecular weight excluding hydrogens is 384 g/mol. The molecule has 0 N–H and O–H groups in total. The molecule has 0 radical (unpaired) electrons. The maximum absolute atomic E-state index is 6.06. The number of rotatable bonds is 5. The van der Waals surface area contributed by atoms with E-state index >= 15 is 0 Å². The largest absolute Gasteiger partial charge is 0.497 e. The molecular formula is C22H22N4O2S. The fourth-order valence-electron chi connectivity index (χ4n) is 3.73. The van der Waals surface area contributed by atoms with Crippen LogP contribution < -0.4 is 4.74 Å². The minimum Gasteiger partial charge on any atom is -0.497 e. The van der Waals surface area contributed by atoms with Crippen LogP contribution in [0, 0.1) is 0 Å². The van der Waals surface area contributed by atoms with E-state index in [1.165, 1.54) is 10.4 Å². The Kier molecular flexibility index (Phi) is 5.01. The first-order valence-electron chi connectivity index (χ1n) is 9.66. The third kappa shape index (κ3) is 3.76. The second-order valence-electron chi connectivity index (χ2n) is 7.14. The molecule has 3 aromatic heterocycles. The zero-order valence-corrected chi connectivity index (χ0v) is 17.0. The van der Waals surface area contributed by atoms with E-state index in [2.05, 4.69) is 57.0 Å². The van der Waals surface area contributed by atoms with Crippen molar-refractivity contribution in [2.24, 2.45) is 0 Å². The number of fused-ring (bicyclic) bond motifs is 1. The van der Waals surface area contributed by atoms with Gasteiger partial charge in [0.1, 0.15) is 17.5 Å². The van der Waals surface area contributed by atoms with E-state index in [0.717, 1.165) is 42.2 Å². The quantitative estimate of drug-likeness (QED) is 0.501. The number of aromatic nitrogens is 3. The first-order chi connectivity index (χ1) is 14.3. The van der Waals surface area contributed by atoms with Crippen LogP contribution >= 0.6 is 11.3 Å². The van der Waals surface area contributed by atoms with Gasteiger partial charge in [-0.25, -0.2) is 4.52 Å². The van der Waals surface area contributed by atoms with Crippen molar-refractivity contribution >= 4 is 16.9 Å². The lowest BCUT2D eigenvalue weighted by molar-refractivity contribution is -0.0343. The van der Waals surface area contributed by atoms with E-state index in [4.69, 9.17) is 9.47 Å². The van der Waals surface area contributed by atoms with E-state index in [1.807, 2.05) is 22.8 Å². The molecule has 4 heterocycles. The van der Waals surface area contributed by atoms with Crippen molar-refractivity contribution in [3.8, 4) is 16.2 Å². The fourth-order valence-corrected chi connectivity index (χ4v) is 4.45. The summed E-state index contributed by atoms with van der Waals surface area (Å²) in [7, 11) is 1.69. The van der Waals surface area contributed by atoms with Gasteiger partial charge in [-0.2, -0.15) is 0 Å². The monoisotopic (exact) mass is 406 g/mol. The maximum Gasteiger partial charge on any atom is 0.121 e. The van der Waals surface area contributed by atoms with E-state index in [0.29, 0.717) is 6.61 Å². The molecule has 1 fully saturated rings. The van der Waals surface area contributed by atoms with E-state index in [-0.39, 0.29) is 6.10 Å². The van der Waals surface area contributed by atoms with Crippen molar-refractivity contribution in [3.05, 3.63) is 71.4 Å². The lowest BCUT2D eigenvalue weighted by Gasteiger charge is -2.32. The molecule has 4 aromatic rings. The minimum atomic E-state index is -0.0768. The predicted molar refractivity (Wildman–Crippen MR) is 113 cm³/mol. The van der Waals surface area contributed by atoms with Crippen molar-refractivity contribution in [1.29, 1.82) is 0 Å². The Morgan fingerprint density at radius 1 is 1.17 bits per heavy atom. The number of hydrogen-bond acceptors (Lipinski definition) is 6. The average molecular weight is 407 g/mol. The fraction of sp³-hybridized carbons (Fsp3) is 0.273. The van der Waals surface area contributed by atoms with Gasteiger partial charge in [-0.15, -0.1) is 16.4 Å². The zero-order valence-electron chi connectivity index (χ0n) is 16.2. The average Bonchev–Trinajstić information content (AvgIpc) is 3.44. The molecule has 0 saturated carbocycles. The second kappa shape index (κ2) is 7.94. The van der Waals surface area contributed by atoms with Gasteiger partial charge in [0, 0.05) is 36.3 Å². The molecule has 0 spiro atoms. The molecule has 1 unspecified atom stereocenters. The molecule has 1 aliphatic rings. The normalized spacial score (nSPS) is 17.6. The summed E-state index contributed by atoms with van der Waals surface area (Å²) in [4.78, 5) is 3.63. The summed E-state index contributed by atoms with van der Waals surface area (Å²) >= 11 is 1.72. The lowest BCUT2D eigenvalue weighted by atomic mass is 10.1. The standard InChI is InChI=1S/C22H22N4O2S/c1-27-18-7-4-16(5-8-18)13-25-10-11-28-20(15-25)22-19-9-6-17(14-26(19)24-23-22)21-3-2-12-29-21/h2-9,12,14,20H,10-11,13,15H2,1H3. The Bertz CT molecular complexity index is 1090. The van der Waals surface area contributed by atoms with Crippen molar-refractivity contribution in [1.82, 2.24) is 19.7 Å². The van der Waals surface area contributed by atoms with Crippen LogP contribution in [0.5, 0.6) is 5.75 Å². The van der Waals surface area contributed by atoms with Gasteiger partial charge in [0.25, 0.3) is 0 Å². The van der Waals surface area contributed by atoms with Crippen molar-refractivity contribution in [2.45, 2.75) is 12.6 Å². The van der Waals surface area contributed by atoms with Gasteiger partial charge in [0.15, 0.2) is 0 Å². The predicted octanol–water partition coefficient (Wildman–Crippen LogP) is 4.04. The highest BCUT2D eigenvalue weighted by molar-refractivity contribution is 7.13. The van der Waals surface area contributed by atoms with E-state index in [1.54, 1.807) is 18.4 Å². The first kappa shape index (κ1) is 18.3. The third-order valence-electron chi connectivity index (χ3n) is 5.27. The summed E-state index contributed by atoms with van der Waals surface area (Å²) in [5.74, 6) is 0.881. The molecule has 1 aliphatic heterocycles. The van der Waals surface area contributed by atoms with Gasteiger partial charge in [-0.1, -0.05) is 23.4 Å². The van der Waals surface area contributed by atoms with Gasteiger partial charge < -0.3 is 9.47 Å². The number of ether oxygens (including phenoxy) is 2. The van der Waals surface area contributed by atoms with Crippen molar-refractivity contribution < 1.29 is 9.47 Å². The summed E-state index contributed by atoms with van der Waals surface area (Å²) in [6.45, 7) is 3.27. The molecule has 1 saturated heterocycles. The zero-order chi connectivity index (χ0) is 19.6. The number of morpholine rings is 1. The molecule has 1 aromatic carbocycles. The van der Waals surface area contributed by atoms with E-state index in [9.17, 15) is 0 Å². The lowest BCUT2D eigenvalue weighted by Crippen LogP contribution is -2.38. The van der Waals surface area contributed by atoms with Crippen LogP contribution in [0.2, 0.25) is 0 Å². The van der Waals surface area contributed by atoms with Gasteiger partial charge in [-0.05, 0) is 41.3 Å². The smallest absolute Gasteiger partial charge is 0.121 e. The minimum absolute atomic E-state index is 0.0768. The molecule has 0 bridgehead atoms.